The van der Waals surface area contributed by atoms with Gasteiger partial charge >= 0.3 is 6.09 Å². The summed E-state index contributed by atoms with van der Waals surface area (Å²) in [5, 5.41) is 17.3. The van der Waals surface area contributed by atoms with E-state index in [2.05, 4.69) is 20.4 Å². The number of amides is 1. The van der Waals surface area contributed by atoms with Crippen molar-refractivity contribution in [2.75, 3.05) is 18.4 Å². The average molecular weight is 495 g/mol. The second-order valence-electron chi connectivity index (χ2n) is 10.2. The standard InChI is InChI=1S/C23H32F2N6O4/c1-14(32)17-7-10-31(29-17)20-27-18(26-15-5-8-23(24,25)9-6-15)11-19(28-20)34-16-12-30(13-16)21(33)35-22(2,3)4/h7,10-11,14-16,32H,5-6,8-9,12-13H2,1-4H3,(H,26,27,28). The van der Waals surface area contributed by atoms with Gasteiger partial charge in [-0.05, 0) is 46.6 Å². The maximum absolute atomic E-state index is 13.6. The molecule has 0 radical (unpaired) electrons. The Balaban J connectivity index is 1.48. The first-order valence-corrected chi connectivity index (χ1v) is 11.8. The Morgan fingerprint density at radius 1 is 1.26 bits per heavy atom. The third kappa shape index (κ3) is 6.56. The fourth-order valence-electron chi connectivity index (χ4n) is 3.87. The summed E-state index contributed by atoms with van der Waals surface area (Å²) in [6.45, 7) is 7.72. The number of hydrogen-bond acceptors (Lipinski definition) is 8. The van der Waals surface area contributed by atoms with Crippen LogP contribution >= 0.6 is 0 Å². The number of anilines is 1. The lowest BCUT2D eigenvalue weighted by atomic mass is 9.92. The van der Waals surface area contributed by atoms with Gasteiger partial charge in [0.15, 0.2) is 0 Å². The molecular weight excluding hydrogens is 462 g/mol. The highest BCUT2D eigenvalue weighted by Crippen LogP contribution is 2.34. The number of hydrogen-bond donors (Lipinski definition) is 2. The average Bonchev–Trinajstić information content (AvgIpc) is 3.21. The lowest BCUT2D eigenvalue weighted by molar-refractivity contribution is -0.0361. The van der Waals surface area contributed by atoms with Crippen LogP contribution in [0.25, 0.3) is 5.95 Å². The van der Waals surface area contributed by atoms with Crippen molar-refractivity contribution in [1.82, 2.24) is 24.6 Å². The van der Waals surface area contributed by atoms with Gasteiger partial charge in [0.25, 0.3) is 5.95 Å². The number of halogens is 2. The number of carbonyl (C=O) groups is 1. The van der Waals surface area contributed by atoms with E-state index in [0.29, 0.717) is 37.4 Å². The molecule has 35 heavy (non-hydrogen) atoms. The Morgan fingerprint density at radius 2 is 1.94 bits per heavy atom. The van der Waals surface area contributed by atoms with Gasteiger partial charge in [0.2, 0.25) is 11.8 Å². The Labute approximate surface area is 202 Å². The van der Waals surface area contributed by atoms with Crippen molar-refractivity contribution in [2.45, 2.75) is 83.2 Å². The van der Waals surface area contributed by atoms with E-state index in [9.17, 15) is 18.7 Å². The molecule has 3 heterocycles. The van der Waals surface area contributed by atoms with Gasteiger partial charge in [0, 0.05) is 31.1 Å². The zero-order valence-electron chi connectivity index (χ0n) is 20.4. The highest BCUT2D eigenvalue weighted by molar-refractivity contribution is 5.69. The van der Waals surface area contributed by atoms with Gasteiger partial charge in [-0.1, -0.05) is 0 Å². The van der Waals surface area contributed by atoms with Crippen molar-refractivity contribution in [2.24, 2.45) is 0 Å². The molecule has 1 amide bonds. The van der Waals surface area contributed by atoms with Gasteiger partial charge in [-0.15, -0.1) is 0 Å². The van der Waals surface area contributed by atoms with Crippen LogP contribution in [-0.4, -0.2) is 72.6 Å². The zero-order valence-corrected chi connectivity index (χ0v) is 20.4. The molecule has 0 aromatic carbocycles. The van der Waals surface area contributed by atoms with Crippen LogP contribution in [0.3, 0.4) is 0 Å². The minimum Gasteiger partial charge on any atom is -0.470 e. The first-order chi connectivity index (χ1) is 16.4. The molecule has 192 valence electrons. The molecule has 2 aromatic rings. The van der Waals surface area contributed by atoms with Crippen LogP contribution in [0.15, 0.2) is 18.3 Å². The third-order valence-corrected chi connectivity index (χ3v) is 5.79. The highest BCUT2D eigenvalue weighted by atomic mass is 19.3. The molecular formula is C23H32F2N6O4. The predicted octanol–water partition coefficient (Wildman–Crippen LogP) is 3.70. The molecule has 2 N–H and O–H groups in total. The summed E-state index contributed by atoms with van der Waals surface area (Å²) in [6, 6.07) is 3.12. The number of carbonyl (C=O) groups excluding carboxylic acids is 1. The number of aromatic nitrogens is 4. The minimum atomic E-state index is -2.63. The maximum Gasteiger partial charge on any atom is 0.410 e. The van der Waals surface area contributed by atoms with Crippen molar-refractivity contribution < 1.29 is 28.2 Å². The molecule has 1 atom stereocenters. The van der Waals surface area contributed by atoms with E-state index in [1.54, 1.807) is 50.9 Å². The lowest BCUT2D eigenvalue weighted by Gasteiger charge is -2.39. The topological polar surface area (TPSA) is 115 Å². The smallest absolute Gasteiger partial charge is 0.410 e. The molecule has 2 aliphatic rings. The molecule has 1 saturated carbocycles. The van der Waals surface area contributed by atoms with Crippen molar-refractivity contribution >= 4 is 11.9 Å². The van der Waals surface area contributed by atoms with Crippen molar-refractivity contribution in [3.63, 3.8) is 0 Å². The molecule has 2 aromatic heterocycles. The molecule has 12 heteroatoms. The Bertz CT molecular complexity index is 1040. The summed E-state index contributed by atoms with van der Waals surface area (Å²) >= 11 is 0. The first-order valence-electron chi connectivity index (χ1n) is 11.8. The first kappa shape index (κ1) is 25.1. The second kappa shape index (κ2) is 9.56. The molecule has 0 bridgehead atoms. The van der Waals surface area contributed by atoms with Crippen LogP contribution in [0.1, 0.15) is 65.2 Å². The summed E-state index contributed by atoms with van der Waals surface area (Å²) in [5.74, 6) is -1.72. The predicted molar refractivity (Wildman–Crippen MR) is 123 cm³/mol. The molecule has 2 fully saturated rings. The summed E-state index contributed by atoms with van der Waals surface area (Å²) < 4.78 is 39.9. The molecule has 1 aliphatic carbocycles. The number of likely N-dealkylation sites (tertiary alicyclic amines) is 1. The SMILES string of the molecule is CC(O)c1ccn(-c2nc(NC3CCC(F)(F)CC3)cc(OC3CN(C(=O)OC(C)(C)C)C3)n2)n1. The largest absolute Gasteiger partial charge is 0.470 e. The second-order valence-corrected chi connectivity index (χ2v) is 10.2. The number of rotatable bonds is 6. The summed E-state index contributed by atoms with van der Waals surface area (Å²) in [4.78, 5) is 22.6. The van der Waals surface area contributed by atoms with Gasteiger partial charge < -0.3 is 24.8 Å². The van der Waals surface area contributed by atoms with Crippen LogP contribution < -0.4 is 10.1 Å². The maximum atomic E-state index is 13.6. The number of alkyl halides is 2. The van der Waals surface area contributed by atoms with E-state index in [4.69, 9.17) is 9.47 Å². The van der Waals surface area contributed by atoms with Crippen LogP contribution in [0.5, 0.6) is 5.88 Å². The van der Waals surface area contributed by atoms with Crippen LogP contribution in [0.2, 0.25) is 0 Å². The minimum absolute atomic E-state index is 0.151. The zero-order chi connectivity index (χ0) is 25.4. The van der Waals surface area contributed by atoms with Gasteiger partial charge in [-0.25, -0.2) is 18.3 Å². The molecule has 0 spiro atoms. The fourth-order valence-corrected chi connectivity index (χ4v) is 3.87. The molecule has 10 nitrogen and oxygen atoms in total. The summed E-state index contributed by atoms with van der Waals surface area (Å²) in [7, 11) is 0. The van der Waals surface area contributed by atoms with Crippen LogP contribution in [0.4, 0.5) is 19.4 Å². The van der Waals surface area contributed by atoms with E-state index in [1.807, 2.05) is 0 Å². The number of nitrogens with one attached hydrogen (secondary N) is 1. The Kier molecular flexibility index (Phi) is 6.85. The molecule has 1 unspecified atom stereocenters. The van der Waals surface area contributed by atoms with Crippen molar-refractivity contribution in [1.29, 1.82) is 0 Å². The number of nitrogens with zero attached hydrogens (tertiary/aromatic N) is 5. The highest BCUT2D eigenvalue weighted by Gasteiger charge is 2.36. The third-order valence-electron chi connectivity index (χ3n) is 5.79. The van der Waals surface area contributed by atoms with Crippen molar-refractivity contribution in [3.05, 3.63) is 24.0 Å². The van der Waals surface area contributed by atoms with E-state index in [-0.39, 0.29) is 36.8 Å². The van der Waals surface area contributed by atoms with E-state index in [1.165, 1.54) is 4.68 Å². The van der Waals surface area contributed by atoms with E-state index in [0.717, 1.165) is 0 Å². The fraction of sp³-hybridized carbons (Fsp3) is 0.652. The van der Waals surface area contributed by atoms with E-state index >= 15 is 0 Å². The number of ether oxygens (including phenoxy) is 2. The normalized spacial score (nSPS) is 19.7. The quantitative estimate of drug-likeness (QED) is 0.625. The lowest BCUT2D eigenvalue weighted by Crippen LogP contribution is -2.57. The van der Waals surface area contributed by atoms with Crippen molar-refractivity contribution in [3.8, 4) is 11.8 Å². The molecule has 4 rings (SSSR count). The van der Waals surface area contributed by atoms with Gasteiger partial charge in [0.05, 0.1) is 24.9 Å². The summed E-state index contributed by atoms with van der Waals surface area (Å²) in [5.41, 5.74) is -0.126. The van der Waals surface area contributed by atoms with E-state index < -0.39 is 23.7 Å². The van der Waals surface area contributed by atoms with Crippen LogP contribution in [-0.2, 0) is 4.74 Å². The van der Waals surface area contributed by atoms with Crippen LogP contribution in [0, 0.1) is 0 Å². The van der Waals surface area contributed by atoms with Gasteiger partial charge in [-0.2, -0.15) is 15.1 Å². The molecule has 1 aliphatic heterocycles. The summed E-state index contributed by atoms with van der Waals surface area (Å²) in [6.07, 6.45) is 0.479. The number of aliphatic hydroxyl groups excluding tert-OH is 1. The Morgan fingerprint density at radius 3 is 2.54 bits per heavy atom. The van der Waals surface area contributed by atoms with Gasteiger partial charge in [0.1, 0.15) is 17.5 Å². The molecule has 1 saturated heterocycles. The number of aliphatic hydroxyl groups is 1. The monoisotopic (exact) mass is 494 g/mol. The van der Waals surface area contributed by atoms with Gasteiger partial charge in [-0.3, -0.25) is 0 Å². The Hall–Kier alpha value is -3.02.